The molecule has 0 radical (unpaired) electrons. The van der Waals surface area contributed by atoms with Crippen LogP contribution >= 0.6 is 0 Å². The van der Waals surface area contributed by atoms with Crippen molar-refractivity contribution in [1.29, 1.82) is 0 Å². The Morgan fingerprint density at radius 1 is 0.821 bits per heavy atom. The van der Waals surface area contributed by atoms with Crippen LogP contribution in [0.15, 0.2) is 54.6 Å². The molecule has 2 nitrogen and oxygen atoms in total. The lowest BCUT2D eigenvalue weighted by Crippen LogP contribution is -2.33. The van der Waals surface area contributed by atoms with Crippen molar-refractivity contribution in [3.05, 3.63) is 89.0 Å². The number of carbonyl (C=O) groups excluding carboxylic acids is 1. The third-order valence-corrected chi connectivity index (χ3v) is 5.10. The van der Waals surface area contributed by atoms with Crippen molar-refractivity contribution in [2.75, 3.05) is 5.32 Å². The van der Waals surface area contributed by atoms with E-state index in [0.717, 1.165) is 18.2 Å². The summed E-state index contributed by atoms with van der Waals surface area (Å²) in [4.78, 5) is 12.7. The molecular weight excluding hydrogens is 370 g/mol. The molecule has 1 heterocycles. The van der Waals surface area contributed by atoms with Gasteiger partial charge in [0.05, 0.1) is 5.41 Å². The van der Waals surface area contributed by atoms with E-state index in [4.69, 9.17) is 0 Å². The predicted molar refractivity (Wildman–Crippen MR) is 97.8 cm³/mol. The summed E-state index contributed by atoms with van der Waals surface area (Å²) in [7, 11) is 0. The van der Waals surface area contributed by atoms with Crippen molar-refractivity contribution in [3.8, 4) is 11.1 Å². The predicted octanol–water partition coefficient (Wildman–Crippen LogP) is 5.36. The van der Waals surface area contributed by atoms with Gasteiger partial charge >= 0.3 is 0 Å². The van der Waals surface area contributed by atoms with Crippen molar-refractivity contribution in [2.24, 2.45) is 0 Å². The lowest BCUT2D eigenvalue weighted by molar-refractivity contribution is -0.120. The lowest BCUT2D eigenvalue weighted by Gasteiger charge is -2.23. The van der Waals surface area contributed by atoms with Crippen molar-refractivity contribution in [2.45, 2.75) is 18.8 Å². The van der Waals surface area contributed by atoms with Gasteiger partial charge in [0.15, 0.2) is 11.6 Å². The topological polar surface area (TPSA) is 29.1 Å². The Morgan fingerprint density at radius 2 is 1.46 bits per heavy atom. The Morgan fingerprint density at radius 3 is 2.14 bits per heavy atom. The summed E-state index contributed by atoms with van der Waals surface area (Å²) in [6, 6.07) is 11.8. The average Bonchev–Trinajstić information content (AvgIpc) is 2.86. The van der Waals surface area contributed by atoms with Gasteiger partial charge in [-0.05, 0) is 72.0 Å². The largest absolute Gasteiger partial charge is 0.325 e. The molecule has 1 unspecified atom stereocenters. The Kier molecular flexibility index (Phi) is 4.22. The third kappa shape index (κ3) is 3.05. The monoisotopic (exact) mass is 385 g/mol. The van der Waals surface area contributed by atoms with Gasteiger partial charge in [-0.2, -0.15) is 0 Å². The number of nitrogens with one attached hydrogen (secondary N) is 1. The van der Waals surface area contributed by atoms with E-state index in [0.29, 0.717) is 27.9 Å². The van der Waals surface area contributed by atoms with Gasteiger partial charge in [-0.15, -0.1) is 0 Å². The SMILES string of the molecule is CC1(Cc2cc(F)cc(F)c2)C(=O)Nc2ccc(-c3ccc(F)c(F)c3)cc21. The molecule has 3 aromatic rings. The number of rotatable bonds is 3. The molecule has 142 valence electrons. The van der Waals surface area contributed by atoms with Crippen LogP contribution < -0.4 is 5.32 Å². The molecule has 0 fully saturated rings. The number of fused-ring (bicyclic) bond motifs is 1. The Balaban J connectivity index is 1.77. The number of halogens is 4. The maximum absolute atomic E-state index is 13.6. The van der Waals surface area contributed by atoms with Crippen LogP contribution in [0.25, 0.3) is 11.1 Å². The number of hydrogen-bond acceptors (Lipinski definition) is 1. The summed E-state index contributed by atoms with van der Waals surface area (Å²) >= 11 is 0. The van der Waals surface area contributed by atoms with Crippen molar-refractivity contribution < 1.29 is 22.4 Å². The zero-order valence-electron chi connectivity index (χ0n) is 14.8. The van der Waals surface area contributed by atoms with Crippen LogP contribution in [-0.4, -0.2) is 5.91 Å². The summed E-state index contributed by atoms with van der Waals surface area (Å²) in [6.45, 7) is 1.69. The fraction of sp³-hybridized carbons (Fsp3) is 0.136. The molecule has 1 atom stereocenters. The van der Waals surface area contributed by atoms with Crippen molar-refractivity contribution in [1.82, 2.24) is 0 Å². The maximum atomic E-state index is 13.6. The molecule has 0 bridgehead atoms. The highest BCUT2D eigenvalue weighted by atomic mass is 19.2. The molecule has 6 heteroatoms. The highest BCUT2D eigenvalue weighted by molar-refractivity contribution is 6.06. The fourth-order valence-electron chi connectivity index (χ4n) is 3.64. The number of hydrogen-bond donors (Lipinski definition) is 1. The Hall–Kier alpha value is -3.15. The zero-order chi connectivity index (χ0) is 20.1. The molecule has 1 amide bonds. The zero-order valence-corrected chi connectivity index (χ0v) is 14.8. The second kappa shape index (κ2) is 6.48. The van der Waals surface area contributed by atoms with Crippen LogP contribution in [0.1, 0.15) is 18.1 Å². The van der Waals surface area contributed by atoms with Crippen molar-refractivity contribution >= 4 is 11.6 Å². The van der Waals surface area contributed by atoms with E-state index < -0.39 is 28.7 Å². The number of carbonyl (C=O) groups is 1. The van der Waals surface area contributed by atoms with Crippen LogP contribution in [0.3, 0.4) is 0 Å². The molecule has 1 N–H and O–H groups in total. The molecule has 0 saturated carbocycles. The highest BCUT2D eigenvalue weighted by Crippen LogP contribution is 2.42. The first-order chi connectivity index (χ1) is 13.3. The first kappa shape index (κ1) is 18.2. The average molecular weight is 385 g/mol. The summed E-state index contributed by atoms with van der Waals surface area (Å²) in [5.41, 5.74) is 1.55. The molecule has 0 spiro atoms. The molecule has 0 saturated heterocycles. The molecule has 1 aliphatic rings. The van der Waals surface area contributed by atoms with E-state index in [9.17, 15) is 22.4 Å². The Bertz CT molecular complexity index is 1090. The lowest BCUT2D eigenvalue weighted by atomic mass is 9.77. The van der Waals surface area contributed by atoms with E-state index in [1.165, 1.54) is 18.2 Å². The minimum atomic E-state index is -1.07. The maximum Gasteiger partial charge on any atom is 0.235 e. The summed E-state index contributed by atoms with van der Waals surface area (Å²) in [5.74, 6) is -3.64. The normalized spacial score (nSPS) is 18.1. The van der Waals surface area contributed by atoms with Gasteiger partial charge in [0, 0.05) is 11.8 Å². The van der Waals surface area contributed by atoms with E-state index >= 15 is 0 Å². The van der Waals surface area contributed by atoms with Crippen LogP contribution in [0.2, 0.25) is 0 Å². The molecular formula is C22H15F4NO. The minimum Gasteiger partial charge on any atom is -0.325 e. The van der Waals surface area contributed by atoms with Gasteiger partial charge in [-0.1, -0.05) is 12.1 Å². The van der Waals surface area contributed by atoms with Crippen molar-refractivity contribution in [3.63, 3.8) is 0 Å². The van der Waals surface area contributed by atoms with Crippen LogP contribution in [0.5, 0.6) is 0 Å². The number of amides is 1. The van der Waals surface area contributed by atoms with E-state index in [-0.39, 0.29) is 12.3 Å². The molecule has 28 heavy (non-hydrogen) atoms. The van der Waals surface area contributed by atoms with E-state index in [2.05, 4.69) is 5.32 Å². The molecule has 4 rings (SSSR count). The second-order valence-electron chi connectivity index (χ2n) is 7.13. The van der Waals surface area contributed by atoms with Crippen LogP contribution in [-0.2, 0) is 16.6 Å². The number of benzene rings is 3. The van der Waals surface area contributed by atoms with Crippen LogP contribution in [0, 0.1) is 23.3 Å². The first-order valence-electron chi connectivity index (χ1n) is 8.63. The summed E-state index contributed by atoms with van der Waals surface area (Å²) in [5, 5.41) is 2.78. The van der Waals surface area contributed by atoms with Gasteiger partial charge in [0.25, 0.3) is 0 Å². The third-order valence-electron chi connectivity index (χ3n) is 5.10. The fourth-order valence-corrected chi connectivity index (χ4v) is 3.64. The van der Waals surface area contributed by atoms with Gasteiger partial charge in [0.2, 0.25) is 5.91 Å². The summed E-state index contributed by atoms with van der Waals surface area (Å²) < 4.78 is 54.0. The van der Waals surface area contributed by atoms with Crippen LogP contribution in [0.4, 0.5) is 23.2 Å². The van der Waals surface area contributed by atoms with Gasteiger partial charge in [0.1, 0.15) is 11.6 Å². The van der Waals surface area contributed by atoms with Gasteiger partial charge in [-0.3, -0.25) is 4.79 Å². The Labute approximate surface area is 158 Å². The van der Waals surface area contributed by atoms with Gasteiger partial charge < -0.3 is 5.32 Å². The minimum absolute atomic E-state index is 0.0851. The molecule has 1 aliphatic heterocycles. The van der Waals surface area contributed by atoms with Gasteiger partial charge in [-0.25, -0.2) is 17.6 Å². The quantitative estimate of drug-likeness (QED) is 0.604. The second-order valence-corrected chi connectivity index (χ2v) is 7.13. The molecule has 0 aliphatic carbocycles. The smallest absolute Gasteiger partial charge is 0.235 e. The molecule has 0 aromatic heterocycles. The standard InChI is InChI=1S/C22H15F4NO/c1-22(11-12-6-15(23)10-16(24)7-12)17-8-13(3-5-20(17)27-21(22)28)14-2-4-18(25)19(26)9-14/h2-10H,11H2,1H3,(H,27,28). The molecule has 3 aromatic carbocycles. The van der Waals surface area contributed by atoms with E-state index in [1.807, 2.05) is 0 Å². The van der Waals surface area contributed by atoms with E-state index in [1.54, 1.807) is 25.1 Å². The number of anilines is 1. The first-order valence-corrected chi connectivity index (χ1v) is 8.63. The highest BCUT2D eigenvalue weighted by Gasteiger charge is 2.43. The summed E-state index contributed by atoms with van der Waals surface area (Å²) in [6.07, 6.45) is 0.0851.